The van der Waals surface area contributed by atoms with Crippen molar-refractivity contribution < 1.29 is 22.7 Å². The SMILES string of the molecule is Cc1ccc(C(=O)CCOCC(F)(F)F)s1. The van der Waals surface area contributed by atoms with E-state index in [9.17, 15) is 18.0 Å². The van der Waals surface area contributed by atoms with Crippen LogP contribution in [0.25, 0.3) is 0 Å². The summed E-state index contributed by atoms with van der Waals surface area (Å²) in [4.78, 5) is 13.0. The van der Waals surface area contributed by atoms with Gasteiger partial charge in [-0.25, -0.2) is 0 Å². The molecule has 16 heavy (non-hydrogen) atoms. The molecule has 0 saturated heterocycles. The summed E-state index contributed by atoms with van der Waals surface area (Å²) in [5.74, 6) is -0.180. The Morgan fingerprint density at radius 1 is 1.44 bits per heavy atom. The third-order valence-corrected chi connectivity index (χ3v) is 2.80. The van der Waals surface area contributed by atoms with E-state index in [0.29, 0.717) is 4.88 Å². The first-order valence-electron chi connectivity index (χ1n) is 4.62. The van der Waals surface area contributed by atoms with E-state index in [2.05, 4.69) is 4.74 Å². The van der Waals surface area contributed by atoms with Gasteiger partial charge < -0.3 is 4.74 Å². The molecular weight excluding hydrogens is 241 g/mol. The van der Waals surface area contributed by atoms with Crippen molar-refractivity contribution in [1.82, 2.24) is 0 Å². The summed E-state index contributed by atoms with van der Waals surface area (Å²) >= 11 is 1.33. The lowest BCUT2D eigenvalue weighted by Crippen LogP contribution is -2.18. The fraction of sp³-hybridized carbons (Fsp3) is 0.500. The highest BCUT2D eigenvalue weighted by Gasteiger charge is 2.27. The van der Waals surface area contributed by atoms with Gasteiger partial charge in [0.2, 0.25) is 0 Å². The third kappa shape index (κ3) is 4.76. The number of ketones is 1. The quantitative estimate of drug-likeness (QED) is 0.594. The molecule has 0 atom stereocenters. The minimum absolute atomic E-state index is 0.0178. The molecule has 0 spiro atoms. The highest BCUT2D eigenvalue weighted by atomic mass is 32.1. The fourth-order valence-corrected chi connectivity index (χ4v) is 1.90. The van der Waals surface area contributed by atoms with Gasteiger partial charge in [-0.2, -0.15) is 13.2 Å². The van der Waals surface area contributed by atoms with E-state index in [0.717, 1.165) is 4.88 Å². The van der Waals surface area contributed by atoms with E-state index in [4.69, 9.17) is 0 Å². The normalized spacial score (nSPS) is 11.8. The molecule has 0 aliphatic heterocycles. The third-order valence-electron chi connectivity index (χ3n) is 1.75. The molecule has 2 nitrogen and oxygen atoms in total. The molecule has 90 valence electrons. The first kappa shape index (κ1) is 13.2. The summed E-state index contributed by atoms with van der Waals surface area (Å²) in [5.41, 5.74) is 0. The van der Waals surface area contributed by atoms with Crippen LogP contribution in [0.4, 0.5) is 13.2 Å². The van der Waals surface area contributed by atoms with Crippen molar-refractivity contribution in [2.45, 2.75) is 19.5 Å². The molecule has 0 aliphatic rings. The smallest absolute Gasteiger partial charge is 0.372 e. The number of Topliss-reactive ketones (excluding diaryl/α,β-unsaturated/α-hetero) is 1. The summed E-state index contributed by atoms with van der Waals surface area (Å²) < 4.78 is 39.5. The molecule has 0 aromatic carbocycles. The van der Waals surface area contributed by atoms with Crippen LogP contribution in [-0.2, 0) is 4.74 Å². The topological polar surface area (TPSA) is 26.3 Å². The average molecular weight is 252 g/mol. The highest BCUT2D eigenvalue weighted by Crippen LogP contribution is 2.17. The molecule has 0 N–H and O–H groups in total. The maximum atomic E-state index is 11.7. The lowest BCUT2D eigenvalue weighted by Gasteiger charge is -2.06. The average Bonchev–Trinajstić information content (AvgIpc) is 2.57. The van der Waals surface area contributed by atoms with Crippen molar-refractivity contribution in [3.63, 3.8) is 0 Å². The van der Waals surface area contributed by atoms with E-state index in [1.165, 1.54) is 11.3 Å². The van der Waals surface area contributed by atoms with E-state index in [1.54, 1.807) is 12.1 Å². The molecular formula is C10H11F3O2S. The number of carbonyl (C=O) groups excluding carboxylic acids is 1. The van der Waals surface area contributed by atoms with Crippen molar-refractivity contribution in [2.75, 3.05) is 13.2 Å². The lowest BCUT2D eigenvalue weighted by atomic mass is 10.2. The predicted octanol–water partition coefficient (Wildman–Crippen LogP) is 3.21. The van der Waals surface area contributed by atoms with Crippen molar-refractivity contribution in [3.8, 4) is 0 Å². The van der Waals surface area contributed by atoms with E-state index >= 15 is 0 Å². The number of aryl methyl sites for hydroxylation is 1. The first-order chi connectivity index (χ1) is 7.38. The van der Waals surface area contributed by atoms with Gasteiger partial charge >= 0.3 is 6.18 Å². The monoisotopic (exact) mass is 252 g/mol. The van der Waals surface area contributed by atoms with Crippen molar-refractivity contribution in [1.29, 1.82) is 0 Å². The van der Waals surface area contributed by atoms with Gasteiger partial charge in [-0.05, 0) is 19.1 Å². The second-order valence-corrected chi connectivity index (χ2v) is 4.54. The lowest BCUT2D eigenvalue weighted by molar-refractivity contribution is -0.173. The molecule has 6 heteroatoms. The minimum Gasteiger partial charge on any atom is -0.372 e. The largest absolute Gasteiger partial charge is 0.411 e. The second-order valence-electron chi connectivity index (χ2n) is 3.25. The molecule has 0 saturated carbocycles. The van der Waals surface area contributed by atoms with Crippen LogP contribution in [-0.4, -0.2) is 25.2 Å². The zero-order valence-electron chi connectivity index (χ0n) is 8.63. The van der Waals surface area contributed by atoms with E-state index in [1.807, 2.05) is 6.92 Å². The molecule has 0 fully saturated rings. The maximum Gasteiger partial charge on any atom is 0.411 e. The Bertz CT molecular complexity index is 357. The number of alkyl halides is 3. The zero-order valence-corrected chi connectivity index (χ0v) is 9.45. The predicted molar refractivity (Wildman–Crippen MR) is 54.9 cm³/mol. The zero-order chi connectivity index (χ0) is 12.2. The molecule has 1 heterocycles. The Balaban J connectivity index is 2.26. The number of halogens is 3. The summed E-state index contributed by atoms with van der Waals surface area (Å²) in [6.45, 7) is 0.362. The van der Waals surface area contributed by atoms with E-state index < -0.39 is 12.8 Å². The number of hydrogen-bond acceptors (Lipinski definition) is 3. The summed E-state index contributed by atoms with van der Waals surface area (Å²) in [6, 6.07) is 3.47. The molecule has 0 bridgehead atoms. The molecule has 0 aliphatic carbocycles. The van der Waals surface area contributed by atoms with Gasteiger partial charge in [0.1, 0.15) is 6.61 Å². The molecule has 1 rings (SSSR count). The van der Waals surface area contributed by atoms with Crippen LogP contribution in [0, 0.1) is 6.92 Å². The second kappa shape index (κ2) is 5.45. The summed E-state index contributed by atoms with van der Waals surface area (Å²) in [6.07, 6.45) is -4.35. The maximum absolute atomic E-state index is 11.7. The number of rotatable bonds is 5. The number of hydrogen-bond donors (Lipinski definition) is 0. The van der Waals surface area contributed by atoms with Crippen LogP contribution < -0.4 is 0 Å². The van der Waals surface area contributed by atoms with Crippen LogP contribution in [0.5, 0.6) is 0 Å². The van der Waals surface area contributed by atoms with Gasteiger partial charge in [0.05, 0.1) is 11.5 Å². The Kier molecular flexibility index (Phi) is 4.49. The molecule has 1 aromatic rings. The molecule has 1 aromatic heterocycles. The van der Waals surface area contributed by atoms with Crippen molar-refractivity contribution in [3.05, 3.63) is 21.9 Å². The number of ether oxygens (including phenoxy) is 1. The standard InChI is InChI=1S/C10H11F3O2S/c1-7-2-3-9(16-7)8(14)4-5-15-6-10(11,12)13/h2-3H,4-6H2,1H3. The van der Waals surface area contributed by atoms with Crippen LogP contribution in [0.15, 0.2) is 12.1 Å². The molecule has 0 unspecified atom stereocenters. The first-order valence-corrected chi connectivity index (χ1v) is 5.44. The van der Waals surface area contributed by atoms with Crippen LogP contribution >= 0.6 is 11.3 Å². The summed E-state index contributed by atoms with van der Waals surface area (Å²) in [5, 5.41) is 0. The van der Waals surface area contributed by atoms with Gasteiger partial charge in [0.25, 0.3) is 0 Å². The van der Waals surface area contributed by atoms with Crippen LogP contribution in [0.3, 0.4) is 0 Å². The molecule has 0 radical (unpaired) electrons. The highest BCUT2D eigenvalue weighted by molar-refractivity contribution is 7.14. The van der Waals surface area contributed by atoms with E-state index in [-0.39, 0.29) is 18.8 Å². The van der Waals surface area contributed by atoms with Gasteiger partial charge in [0.15, 0.2) is 5.78 Å². The van der Waals surface area contributed by atoms with Crippen LogP contribution in [0.2, 0.25) is 0 Å². The number of carbonyl (C=O) groups is 1. The number of thiophene rings is 1. The van der Waals surface area contributed by atoms with Crippen molar-refractivity contribution >= 4 is 17.1 Å². The van der Waals surface area contributed by atoms with Gasteiger partial charge in [0, 0.05) is 11.3 Å². The Labute approximate surface area is 95.0 Å². The van der Waals surface area contributed by atoms with Gasteiger partial charge in [-0.1, -0.05) is 0 Å². The summed E-state index contributed by atoms with van der Waals surface area (Å²) in [7, 11) is 0. The van der Waals surface area contributed by atoms with Gasteiger partial charge in [-0.3, -0.25) is 4.79 Å². The minimum atomic E-state index is -4.33. The Morgan fingerprint density at radius 3 is 2.62 bits per heavy atom. The van der Waals surface area contributed by atoms with Crippen LogP contribution in [0.1, 0.15) is 21.0 Å². The van der Waals surface area contributed by atoms with Gasteiger partial charge in [-0.15, -0.1) is 11.3 Å². The van der Waals surface area contributed by atoms with Crippen molar-refractivity contribution in [2.24, 2.45) is 0 Å². The Hall–Kier alpha value is -0.880. The fourth-order valence-electron chi connectivity index (χ4n) is 1.06. The Morgan fingerprint density at radius 2 is 2.12 bits per heavy atom. The molecule has 0 amide bonds.